The number of hydrogen-bond donors (Lipinski definition) is 0. The van der Waals surface area contributed by atoms with Crippen molar-refractivity contribution in [2.45, 2.75) is 57.9 Å². The van der Waals surface area contributed by atoms with Gasteiger partial charge in [-0.15, -0.1) is 0 Å². The lowest BCUT2D eigenvalue weighted by Gasteiger charge is -2.45. The minimum absolute atomic E-state index is 0.465. The maximum atomic E-state index is 7.23. The highest BCUT2D eigenvalue weighted by atomic mass is 28.4. The minimum Gasteiger partial charge on any atom is -0.520 e. The van der Waals surface area contributed by atoms with Gasteiger partial charge >= 0.3 is 0 Å². The van der Waals surface area contributed by atoms with Gasteiger partial charge in [-0.2, -0.15) is 0 Å². The van der Waals surface area contributed by atoms with E-state index < -0.39 is 28.3 Å². The third-order valence-electron chi connectivity index (χ3n) is 5.22. The SMILES string of the molecule is C/C=C(\O[C@H](c1ccccc1)C(O[Si](C)(C)C)(c1ccccc1)c1ccccc1)O[Si](C)(C)C. The Morgan fingerprint density at radius 2 is 1.12 bits per heavy atom. The van der Waals surface area contributed by atoms with E-state index in [-0.39, 0.29) is 0 Å². The van der Waals surface area contributed by atoms with Gasteiger partial charge in [0.15, 0.2) is 14.4 Å². The lowest BCUT2D eigenvalue weighted by atomic mass is 9.79. The molecule has 3 aromatic carbocycles. The van der Waals surface area contributed by atoms with E-state index in [1.807, 2.05) is 31.2 Å². The number of allylic oxidation sites excluding steroid dienone is 1. The molecule has 3 nitrogen and oxygen atoms in total. The van der Waals surface area contributed by atoms with Crippen LogP contribution in [-0.2, 0) is 19.2 Å². The van der Waals surface area contributed by atoms with Crippen LogP contribution in [-0.4, -0.2) is 16.6 Å². The summed E-state index contributed by atoms with van der Waals surface area (Å²) in [6.45, 7) is 15.1. The molecule has 0 saturated carbocycles. The highest BCUT2D eigenvalue weighted by molar-refractivity contribution is 6.70. The molecule has 0 spiro atoms. The van der Waals surface area contributed by atoms with Crippen molar-refractivity contribution in [2.75, 3.05) is 0 Å². The Labute approximate surface area is 207 Å². The normalized spacial score (nSPS) is 13.9. The van der Waals surface area contributed by atoms with Crippen molar-refractivity contribution in [1.82, 2.24) is 0 Å². The van der Waals surface area contributed by atoms with Crippen molar-refractivity contribution in [3.05, 3.63) is 120 Å². The molecule has 5 heteroatoms. The molecule has 0 N–H and O–H groups in total. The van der Waals surface area contributed by atoms with Crippen molar-refractivity contribution in [3.63, 3.8) is 0 Å². The van der Waals surface area contributed by atoms with Crippen LogP contribution in [0, 0.1) is 0 Å². The third kappa shape index (κ3) is 6.50. The predicted octanol–water partition coefficient (Wildman–Crippen LogP) is 8.25. The zero-order valence-corrected chi connectivity index (χ0v) is 23.5. The van der Waals surface area contributed by atoms with Crippen molar-refractivity contribution in [1.29, 1.82) is 0 Å². The summed E-state index contributed by atoms with van der Waals surface area (Å²) in [5.74, 6) is 0.545. The zero-order valence-electron chi connectivity index (χ0n) is 21.5. The summed E-state index contributed by atoms with van der Waals surface area (Å²) < 4.78 is 20.5. The number of ether oxygens (including phenoxy) is 1. The molecule has 0 aliphatic heterocycles. The van der Waals surface area contributed by atoms with Gasteiger partial charge in [0.1, 0.15) is 5.60 Å². The molecule has 0 aliphatic rings. The van der Waals surface area contributed by atoms with Gasteiger partial charge in [-0.25, -0.2) is 0 Å². The Balaban J connectivity index is 2.33. The quantitative estimate of drug-likeness (QED) is 0.211. The van der Waals surface area contributed by atoms with E-state index >= 15 is 0 Å². The summed E-state index contributed by atoms with van der Waals surface area (Å²) in [6, 6.07) is 31.3. The lowest BCUT2D eigenvalue weighted by molar-refractivity contribution is -0.0814. The molecule has 0 aromatic heterocycles. The summed E-state index contributed by atoms with van der Waals surface area (Å²) in [5, 5.41) is 0. The van der Waals surface area contributed by atoms with Gasteiger partial charge in [0.25, 0.3) is 5.95 Å². The Kier molecular flexibility index (Phi) is 8.23. The Morgan fingerprint density at radius 1 is 0.676 bits per heavy atom. The predicted molar refractivity (Wildman–Crippen MR) is 147 cm³/mol. The van der Waals surface area contributed by atoms with E-state index in [4.69, 9.17) is 13.6 Å². The largest absolute Gasteiger partial charge is 0.520 e. The standard InChI is InChI=1S/C29H38O3Si2/c1-8-27(31-33(2,3)4)30-28(24-18-12-9-13-19-24)29(32-34(5,6)7,25-20-14-10-15-21-25)26-22-16-11-17-23-26/h8-23,28H,1-7H3/b27-8+/t28-/m1/s1. The number of rotatable bonds is 10. The molecule has 0 radical (unpaired) electrons. The van der Waals surface area contributed by atoms with Crippen LogP contribution in [0.2, 0.25) is 39.3 Å². The average molecular weight is 491 g/mol. The fourth-order valence-corrected chi connectivity index (χ4v) is 6.16. The maximum Gasteiger partial charge on any atom is 0.261 e. The first kappa shape index (κ1) is 26.0. The molecule has 34 heavy (non-hydrogen) atoms. The monoisotopic (exact) mass is 490 g/mol. The van der Waals surface area contributed by atoms with E-state index in [0.29, 0.717) is 5.95 Å². The number of hydrogen-bond acceptors (Lipinski definition) is 3. The summed E-state index contributed by atoms with van der Waals surface area (Å²) in [6.07, 6.45) is 1.46. The van der Waals surface area contributed by atoms with Crippen LogP contribution in [0.5, 0.6) is 0 Å². The van der Waals surface area contributed by atoms with Crippen LogP contribution < -0.4 is 0 Å². The van der Waals surface area contributed by atoms with Gasteiger partial charge < -0.3 is 13.6 Å². The molecule has 3 aromatic rings. The van der Waals surface area contributed by atoms with Crippen LogP contribution >= 0.6 is 0 Å². The van der Waals surface area contributed by atoms with E-state index in [0.717, 1.165) is 16.7 Å². The molecule has 0 aliphatic carbocycles. The molecule has 0 bridgehead atoms. The molecular formula is C29H38O3Si2. The molecule has 0 unspecified atom stereocenters. The number of benzene rings is 3. The third-order valence-corrected chi connectivity index (χ3v) is 6.97. The Hall–Kier alpha value is -2.61. The van der Waals surface area contributed by atoms with Crippen LogP contribution in [0.15, 0.2) is 103 Å². The van der Waals surface area contributed by atoms with Crippen molar-refractivity contribution < 1.29 is 13.6 Å². The van der Waals surface area contributed by atoms with Crippen LogP contribution in [0.4, 0.5) is 0 Å². The van der Waals surface area contributed by atoms with Crippen molar-refractivity contribution >= 4 is 16.6 Å². The topological polar surface area (TPSA) is 27.7 Å². The molecule has 0 saturated heterocycles. The molecule has 3 rings (SSSR count). The fraction of sp³-hybridized carbons (Fsp3) is 0.310. The maximum absolute atomic E-state index is 7.23. The zero-order chi connectivity index (χ0) is 24.8. The van der Waals surface area contributed by atoms with Gasteiger partial charge in [-0.1, -0.05) is 91.0 Å². The van der Waals surface area contributed by atoms with Gasteiger partial charge in [-0.3, -0.25) is 0 Å². The molecule has 180 valence electrons. The second-order valence-corrected chi connectivity index (χ2v) is 19.3. The van der Waals surface area contributed by atoms with Crippen LogP contribution in [0.25, 0.3) is 0 Å². The van der Waals surface area contributed by atoms with Crippen molar-refractivity contribution in [3.8, 4) is 0 Å². The van der Waals surface area contributed by atoms with Crippen molar-refractivity contribution in [2.24, 2.45) is 0 Å². The van der Waals surface area contributed by atoms with Gasteiger partial charge in [-0.05, 0) is 69.0 Å². The second kappa shape index (κ2) is 10.8. The average Bonchev–Trinajstić information content (AvgIpc) is 2.80. The Morgan fingerprint density at radius 3 is 1.50 bits per heavy atom. The first-order valence-electron chi connectivity index (χ1n) is 11.9. The van der Waals surface area contributed by atoms with Gasteiger partial charge in [0.05, 0.1) is 0 Å². The minimum atomic E-state index is -2.09. The first-order valence-corrected chi connectivity index (χ1v) is 18.7. The van der Waals surface area contributed by atoms with E-state index in [2.05, 4.69) is 112 Å². The van der Waals surface area contributed by atoms with Crippen LogP contribution in [0.1, 0.15) is 29.7 Å². The lowest BCUT2D eigenvalue weighted by Crippen LogP contribution is -2.47. The summed E-state index contributed by atoms with van der Waals surface area (Å²) >= 11 is 0. The molecule has 1 atom stereocenters. The molecule has 0 fully saturated rings. The summed E-state index contributed by atoms with van der Waals surface area (Å²) in [5.41, 5.74) is 2.28. The first-order chi connectivity index (χ1) is 16.0. The molecule has 0 heterocycles. The van der Waals surface area contributed by atoms with E-state index in [1.165, 1.54) is 0 Å². The van der Waals surface area contributed by atoms with E-state index in [9.17, 15) is 0 Å². The Bertz CT molecular complexity index is 1010. The van der Waals surface area contributed by atoms with Gasteiger partial charge in [0.2, 0.25) is 8.32 Å². The smallest absolute Gasteiger partial charge is 0.261 e. The van der Waals surface area contributed by atoms with Gasteiger partial charge in [0, 0.05) is 0 Å². The molecular weight excluding hydrogens is 452 g/mol. The fourth-order valence-electron chi connectivity index (χ4n) is 4.08. The highest BCUT2D eigenvalue weighted by Crippen LogP contribution is 2.49. The van der Waals surface area contributed by atoms with Crippen LogP contribution in [0.3, 0.4) is 0 Å². The summed E-state index contributed by atoms with van der Waals surface area (Å²) in [4.78, 5) is 0. The van der Waals surface area contributed by atoms with E-state index in [1.54, 1.807) is 0 Å². The second-order valence-electron chi connectivity index (χ2n) is 10.4. The molecule has 0 amide bonds. The highest BCUT2D eigenvalue weighted by Gasteiger charge is 2.49. The summed E-state index contributed by atoms with van der Waals surface area (Å²) in [7, 11) is -3.99.